The number of fused-ring (bicyclic) bond motifs is 1. The Morgan fingerprint density at radius 1 is 0.972 bits per heavy atom. The van der Waals surface area contributed by atoms with Crippen LogP contribution in [0.3, 0.4) is 0 Å². The lowest BCUT2D eigenvalue weighted by Gasteiger charge is -2.42. The van der Waals surface area contributed by atoms with Gasteiger partial charge >= 0.3 is 0 Å². The van der Waals surface area contributed by atoms with Crippen molar-refractivity contribution in [1.82, 2.24) is 5.32 Å². The number of hydrogen-bond acceptors (Lipinski definition) is 3. The van der Waals surface area contributed by atoms with Crippen LogP contribution in [0.2, 0.25) is 0 Å². The number of amidine groups is 1. The van der Waals surface area contributed by atoms with Gasteiger partial charge in [-0.3, -0.25) is 9.79 Å². The summed E-state index contributed by atoms with van der Waals surface area (Å²) in [5, 5.41) is 2.92. The van der Waals surface area contributed by atoms with Crippen LogP contribution in [0.15, 0.2) is 75.7 Å². The standard InChI is InChI=1S/C32H36N2O2/c1-20-16-25-26(32(5,6)15-14-31(25,3)4)19-23(20)18-24-12-13-27(36-24)30(35)34-28-17-21(2)29(33-28)22-10-8-7-9-11-22/h7-13,16-17,19,29H,14-15,18H2,1-6H3,(H,33,34,35). The molecule has 1 N–H and O–H groups in total. The van der Waals surface area contributed by atoms with E-state index in [0.29, 0.717) is 18.0 Å². The summed E-state index contributed by atoms with van der Waals surface area (Å²) >= 11 is 0. The van der Waals surface area contributed by atoms with Gasteiger partial charge in [0.05, 0.1) is 6.04 Å². The molecule has 1 aromatic heterocycles. The van der Waals surface area contributed by atoms with Crippen molar-refractivity contribution in [3.63, 3.8) is 0 Å². The zero-order valence-electron chi connectivity index (χ0n) is 22.2. The van der Waals surface area contributed by atoms with Crippen molar-refractivity contribution in [2.45, 2.75) is 77.7 Å². The minimum atomic E-state index is -0.275. The predicted molar refractivity (Wildman–Crippen MR) is 146 cm³/mol. The Morgan fingerprint density at radius 2 is 1.64 bits per heavy atom. The van der Waals surface area contributed by atoms with E-state index in [-0.39, 0.29) is 22.8 Å². The lowest BCUT2D eigenvalue weighted by Crippen LogP contribution is -2.34. The van der Waals surface area contributed by atoms with Gasteiger partial charge in [-0.1, -0.05) is 70.2 Å². The van der Waals surface area contributed by atoms with Gasteiger partial charge in [-0.15, -0.1) is 0 Å². The van der Waals surface area contributed by atoms with E-state index >= 15 is 0 Å². The Balaban J connectivity index is 1.32. The van der Waals surface area contributed by atoms with Crippen LogP contribution in [0.5, 0.6) is 0 Å². The van der Waals surface area contributed by atoms with Crippen LogP contribution < -0.4 is 5.32 Å². The largest absolute Gasteiger partial charge is 0.456 e. The maximum absolute atomic E-state index is 12.9. The highest BCUT2D eigenvalue weighted by Crippen LogP contribution is 2.46. The third kappa shape index (κ3) is 4.57. The fraction of sp³-hybridized carbons (Fsp3) is 0.375. The Bertz CT molecular complexity index is 1370. The number of amides is 1. The summed E-state index contributed by atoms with van der Waals surface area (Å²) < 4.78 is 6.00. The van der Waals surface area contributed by atoms with Crippen molar-refractivity contribution in [2.75, 3.05) is 0 Å². The van der Waals surface area contributed by atoms with E-state index in [1.165, 1.54) is 35.1 Å². The van der Waals surface area contributed by atoms with Gasteiger partial charge in [-0.05, 0) is 89.1 Å². The SMILES string of the molecule is CC1=CC(NC(=O)c2ccc(Cc3cc4c(cc3C)C(C)(C)CCC4(C)C)o2)=NC1c1ccccc1. The summed E-state index contributed by atoms with van der Waals surface area (Å²) in [6.45, 7) is 13.6. The van der Waals surface area contributed by atoms with Gasteiger partial charge < -0.3 is 9.73 Å². The molecule has 36 heavy (non-hydrogen) atoms. The van der Waals surface area contributed by atoms with Gasteiger partial charge in [-0.2, -0.15) is 0 Å². The van der Waals surface area contributed by atoms with Crippen LogP contribution in [0.25, 0.3) is 0 Å². The van der Waals surface area contributed by atoms with E-state index in [1.54, 1.807) is 6.07 Å². The summed E-state index contributed by atoms with van der Waals surface area (Å²) in [5.41, 5.74) is 8.01. The molecule has 2 aliphatic rings. The number of hydrogen-bond donors (Lipinski definition) is 1. The van der Waals surface area contributed by atoms with Crippen LogP contribution in [-0.2, 0) is 17.3 Å². The molecule has 3 aromatic rings. The van der Waals surface area contributed by atoms with E-state index < -0.39 is 0 Å². The molecule has 0 saturated carbocycles. The number of furan rings is 1. The Hall–Kier alpha value is -3.40. The first-order chi connectivity index (χ1) is 17.0. The summed E-state index contributed by atoms with van der Waals surface area (Å²) in [7, 11) is 0. The Kier molecular flexibility index (Phi) is 6.02. The normalized spacial score (nSPS) is 19.9. The van der Waals surface area contributed by atoms with Gasteiger partial charge in [0, 0.05) is 6.42 Å². The van der Waals surface area contributed by atoms with Crippen LogP contribution in [0.4, 0.5) is 0 Å². The van der Waals surface area contributed by atoms with E-state index in [0.717, 1.165) is 16.9 Å². The molecule has 5 rings (SSSR count). The summed E-state index contributed by atoms with van der Waals surface area (Å²) in [4.78, 5) is 17.6. The number of aryl methyl sites for hydroxylation is 1. The molecule has 0 spiro atoms. The fourth-order valence-corrected chi connectivity index (χ4v) is 5.53. The molecule has 1 amide bonds. The first-order valence-corrected chi connectivity index (χ1v) is 12.9. The number of aliphatic imine (C=N–C) groups is 1. The molecule has 0 bridgehead atoms. The number of nitrogens with zero attached hydrogens (tertiary/aromatic N) is 1. The Morgan fingerprint density at radius 3 is 2.33 bits per heavy atom. The molecule has 186 valence electrons. The first-order valence-electron chi connectivity index (χ1n) is 12.9. The van der Waals surface area contributed by atoms with Gasteiger partial charge in [0.1, 0.15) is 11.6 Å². The molecule has 1 unspecified atom stereocenters. The molecule has 2 heterocycles. The van der Waals surface area contributed by atoms with Crippen LogP contribution in [0.1, 0.15) is 97.6 Å². The van der Waals surface area contributed by atoms with Gasteiger partial charge in [0.25, 0.3) is 5.91 Å². The van der Waals surface area contributed by atoms with E-state index in [1.807, 2.05) is 37.3 Å². The van der Waals surface area contributed by atoms with Gasteiger partial charge in [-0.25, -0.2) is 0 Å². The maximum Gasteiger partial charge on any atom is 0.292 e. The van der Waals surface area contributed by atoms with E-state index in [4.69, 9.17) is 9.41 Å². The molecule has 0 saturated heterocycles. The van der Waals surface area contributed by atoms with Crippen LogP contribution >= 0.6 is 0 Å². The predicted octanol–water partition coefficient (Wildman–Crippen LogP) is 7.36. The number of benzene rings is 2. The topological polar surface area (TPSA) is 54.6 Å². The molecule has 0 radical (unpaired) electrons. The van der Waals surface area contributed by atoms with Crippen LogP contribution in [0, 0.1) is 6.92 Å². The van der Waals surface area contributed by atoms with Crippen molar-refractivity contribution in [3.05, 3.63) is 106 Å². The first kappa shape index (κ1) is 24.3. The molecule has 1 aliphatic carbocycles. The quantitative estimate of drug-likeness (QED) is 0.424. The lowest BCUT2D eigenvalue weighted by molar-refractivity contribution is 0.0948. The van der Waals surface area contributed by atoms with Crippen molar-refractivity contribution in [3.8, 4) is 0 Å². The monoisotopic (exact) mass is 480 g/mol. The number of rotatable bonds is 4. The third-order valence-electron chi connectivity index (χ3n) is 7.98. The molecular formula is C32H36N2O2. The number of carbonyl (C=O) groups is 1. The highest BCUT2D eigenvalue weighted by Gasteiger charge is 2.37. The zero-order valence-corrected chi connectivity index (χ0v) is 22.2. The second-order valence-corrected chi connectivity index (χ2v) is 11.7. The smallest absolute Gasteiger partial charge is 0.292 e. The average Bonchev–Trinajstić information content (AvgIpc) is 3.45. The Labute approximate surface area is 214 Å². The van der Waals surface area contributed by atoms with Crippen molar-refractivity contribution in [2.24, 2.45) is 4.99 Å². The van der Waals surface area contributed by atoms with Crippen molar-refractivity contribution in [1.29, 1.82) is 0 Å². The summed E-state index contributed by atoms with van der Waals surface area (Å²) in [6.07, 6.45) is 4.98. The molecule has 1 atom stereocenters. The van der Waals surface area contributed by atoms with E-state index in [2.05, 4.69) is 64.2 Å². The fourth-order valence-electron chi connectivity index (χ4n) is 5.53. The molecule has 1 aliphatic heterocycles. The second-order valence-electron chi connectivity index (χ2n) is 11.7. The van der Waals surface area contributed by atoms with Crippen LogP contribution in [-0.4, -0.2) is 11.7 Å². The third-order valence-corrected chi connectivity index (χ3v) is 7.98. The highest BCUT2D eigenvalue weighted by molar-refractivity contribution is 6.10. The molecule has 4 heteroatoms. The number of carbonyl (C=O) groups excluding carboxylic acids is 1. The minimum Gasteiger partial charge on any atom is -0.456 e. The highest BCUT2D eigenvalue weighted by atomic mass is 16.3. The second kappa shape index (κ2) is 8.92. The maximum atomic E-state index is 12.9. The van der Waals surface area contributed by atoms with E-state index in [9.17, 15) is 4.79 Å². The van der Waals surface area contributed by atoms with Gasteiger partial charge in [0.15, 0.2) is 5.76 Å². The lowest BCUT2D eigenvalue weighted by atomic mass is 9.62. The van der Waals surface area contributed by atoms with Crippen molar-refractivity contribution >= 4 is 11.7 Å². The zero-order chi connectivity index (χ0) is 25.7. The molecule has 2 aromatic carbocycles. The van der Waals surface area contributed by atoms with Crippen molar-refractivity contribution < 1.29 is 9.21 Å². The number of nitrogens with one attached hydrogen (secondary N) is 1. The molecule has 4 nitrogen and oxygen atoms in total. The molecule has 0 fully saturated rings. The minimum absolute atomic E-state index is 0.0603. The summed E-state index contributed by atoms with van der Waals surface area (Å²) in [5.74, 6) is 1.39. The molecular weight excluding hydrogens is 444 g/mol. The van der Waals surface area contributed by atoms with Gasteiger partial charge in [0.2, 0.25) is 0 Å². The average molecular weight is 481 g/mol. The summed E-state index contributed by atoms with van der Waals surface area (Å²) in [6, 6.07) is 18.5.